The molecule has 19 heavy (non-hydrogen) atoms. The number of methoxy groups -OCH3 is 1. The number of aliphatic hydroxyl groups is 1. The highest BCUT2D eigenvalue weighted by Crippen LogP contribution is 2.28. The van der Waals surface area contributed by atoms with Gasteiger partial charge in [-0.2, -0.15) is 0 Å². The zero-order valence-electron chi connectivity index (χ0n) is 12.1. The van der Waals surface area contributed by atoms with Crippen LogP contribution >= 0.6 is 0 Å². The van der Waals surface area contributed by atoms with Crippen LogP contribution in [-0.2, 0) is 0 Å². The second kappa shape index (κ2) is 6.37. The number of β-amino-alcohol motifs (C(OH)–C–C–N with tert-alkyl or cyclic N) is 1. The molecule has 0 saturated carbocycles. The molecular weight excluding hydrogens is 240 g/mol. The molecule has 106 valence electrons. The Balaban J connectivity index is 2.10. The van der Waals surface area contributed by atoms with Gasteiger partial charge in [0, 0.05) is 32.7 Å². The van der Waals surface area contributed by atoms with E-state index in [1.165, 1.54) is 0 Å². The molecule has 2 N–H and O–H groups in total. The van der Waals surface area contributed by atoms with Gasteiger partial charge in [-0.15, -0.1) is 0 Å². The minimum atomic E-state index is -0.428. The molecule has 1 heterocycles. The molecule has 0 bridgehead atoms. The third kappa shape index (κ3) is 3.26. The summed E-state index contributed by atoms with van der Waals surface area (Å²) in [6.45, 7) is 8.81. The molecule has 2 rings (SSSR count). The minimum Gasteiger partial charge on any atom is -0.496 e. The highest BCUT2D eigenvalue weighted by atomic mass is 16.5. The average Bonchev–Trinajstić information content (AvgIpc) is 2.42. The van der Waals surface area contributed by atoms with E-state index < -0.39 is 6.10 Å². The fourth-order valence-electron chi connectivity index (χ4n) is 2.64. The van der Waals surface area contributed by atoms with Crippen LogP contribution < -0.4 is 10.1 Å². The van der Waals surface area contributed by atoms with E-state index in [1.807, 2.05) is 26.0 Å². The van der Waals surface area contributed by atoms with Crippen LogP contribution in [0.25, 0.3) is 0 Å². The summed E-state index contributed by atoms with van der Waals surface area (Å²) in [5, 5.41) is 13.8. The van der Waals surface area contributed by atoms with Crippen LogP contribution in [-0.4, -0.2) is 49.8 Å². The summed E-state index contributed by atoms with van der Waals surface area (Å²) in [5.74, 6) is 0.885. The van der Waals surface area contributed by atoms with Crippen LogP contribution in [0.2, 0.25) is 0 Å². The van der Waals surface area contributed by atoms with Crippen LogP contribution in [0.3, 0.4) is 0 Å². The lowest BCUT2D eigenvalue weighted by molar-refractivity contribution is 0.105. The smallest absolute Gasteiger partial charge is 0.122 e. The molecule has 1 atom stereocenters. The van der Waals surface area contributed by atoms with Crippen molar-refractivity contribution in [3.05, 3.63) is 28.8 Å². The normalized spacial score (nSPS) is 18.3. The number of nitrogens with one attached hydrogen (secondary N) is 1. The van der Waals surface area contributed by atoms with Crippen molar-refractivity contribution >= 4 is 0 Å². The average molecular weight is 264 g/mol. The van der Waals surface area contributed by atoms with Crippen molar-refractivity contribution in [2.24, 2.45) is 0 Å². The van der Waals surface area contributed by atoms with E-state index in [2.05, 4.69) is 10.2 Å². The minimum absolute atomic E-state index is 0.428. The third-order valence-corrected chi connectivity index (χ3v) is 4.00. The molecule has 4 heteroatoms. The standard InChI is InChI=1S/C15H24N2O2/c1-11-12(2)15(19-3)5-4-13(11)14(18)10-17-8-6-16-7-9-17/h4-5,14,16,18H,6-10H2,1-3H3. The molecule has 0 aliphatic carbocycles. The van der Waals surface area contributed by atoms with Crippen molar-refractivity contribution in [3.63, 3.8) is 0 Å². The van der Waals surface area contributed by atoms with Crippen molar-refractivity contribution < 1.29 is 9.84 Å². The van der Waals surface area contributed by atoms with Crippen molar-refractivity contribution in [1.29, 1.82) is 0 Å². The van der Waals surface area contributed by atoms with Gasteiger partial charge in [0.2, 0.25) is 0 Å². The van der Waals surface area contributed by atoms with Crippen molar-refractivity contribution in [1.82, 2.24) is 10.2 Å². The molecular formula is C15H24N2O2. The SMILES string of the molecule is COc1ccc(C(O)CN2CCNCC2)c(C)c1C. The van der Waals surface area contributed by atoms with E-state index in [0.29, 0.717) is 6.54 Å². The summed E-state index contributed by atoms with van der Waals surface area (Å²) in [6, 6.07) is 3.92. The predicted molar refractivity (Wildman–Crippen MR) is 76.7 cm³/mol. The number of hydrogen-bond acceptors (Lipinski definition) is 4. The molecule has 1 unspecified atom stereocenters. The lowest BCUT2D eigenvalue weighted by Crippen LogP contribution is -2.45. The molecule has 1 saturated heterocycles. The first-order chi connectivity index (χ1) is 9.13. The van der Waals surface area contributed by atoms with E-state index in [0.717, 1.165) is 48.6 Å². The molecule has 0 spiro atoms. The molecule has 1 aliphatic heterocycles. The Labute approximate surface area is 115 Å². The molecule has 0 radical (unpaired) electrons. The first-order valence-electron chi connectivity index (χ1n) is 6.88. The largest absolute Gasteiger partial charge is 0.496 e. The van der Waals surface area contributed by atoms with Gasteiger partial charge in [-0.05, 0) is 36.6 Å². The first kappa shape index (κ1) is 14.3. The summed E-state index contributed by atoms with van der Waals surface area (Å²) >= 11 is 0. The highest BCUT2D eigenvalue weighted by molar-refractivity contribution is 5.44. The Hall–Kier alpha value is -1.10. The number of ether oxygens (including phenoxy) is 1. The summed E-state index contributed by atoms with van der Waals surface area (Å²) in [4.78, 5) is 2.31. The fourth-order valence-corrected chi connectivity index (χ4v) is 2.64. The first-order valence-corrected chi connectivity index (χ1v) is 6.88. The lowest BCUT2D eigenvalue weighted by Gasteiger charge is -2.29. The van der Waals surface area contributed by atoms with Gasteiger partial charge < -0.3 is 15.2 Å². The molecule has 1 fully saturated rings. The van der Waals surface area contributed by atoms with Gasteiger partial charge >= 0.3 is 0 Å². The number of nitrogens with zero attached hydrogens (tertiary/aromatic N) is 1. The summed E-state index contributed by atoms with van der Waals surface area (Å²) in [7, 11) is 1.68. The Bertz CT molecular complexity index is 428. The Kier molecular flexibility index (Phi) is 4.80. The van der Waals surface area contributed by atoms with E-state index in [-0.39, 0.29) is 0 Å². The monoisotopic (exact) mass is 264 g/mol. The van der Waals surface area contributed by atoms with Gasteiger partial charge in [0.15, 0.2) is 0 Å². The summed E-state index contributed by atoms with van der Waals surface area (Å²) < 4.78 is 5.31. The Morgan fingerprint density at radius 2 is 1.95 bits per heavy atom. The maximum absolute atomic E-state index is 10.4. The number of rotatable bonds is 4. The van der Waals surface area contributed by atoms with Crippen LogP contribution in [0.4, 0.5) is 0 Å². The molecule has 1 aliphatic rings. The number of hydrogen-bond donors (Lipinski definition) is 2. The summed E-state index contributed by atoms with van der Waals surface area (Å²) in [5.41, 5.74) is 3.25. The molecule has 0 aromatic heterocycles. The predicted octanol–water partition coefficient (Wildman–Crippen LogP) is 1.25. The van der Waals surface area contributed by atoms with Gasteiger partial charge in [-0.3, -0.25) is 4.90 Å². The van der Waals surface area contributed by atoms with E-state index in [9.17, 15) is 5.11 Å². The second-order valence-electron chi connectivity index (χ2n) is 5.17. The fraction of sp³-hybridized carbons (Fsp3) is 0.600. The zero-order valence-corrected chi connectivity index (χ0v) is 12.1. The number of piperazine rings is 1. The molecule has 0 amide bonds. The molecule has 1 aromatic rings. The van der Waals surface area contributed by atoms with Crippen LogP contribution in [0.1, 0.15) is 22.8 Å². The molecule has 1 aromatic carbocycles. The Morgan fingerprint density at radius 1 is 1.26 bits per heavy atom. The van der Waals surface area contributed by atoms with Gasteiger partial charge in [0.05, 0.1) is 13.2 Å². The maximum atomic E-state index is 10.4. The quantitative estimate of drug-likeness (QED) is 0.859. The van der Waals surface area contributed by atoms with E-state index in [4.69, 9.17) is 4.74 Å². The van der Waals surface area contributed by atoms with Gasteiger partial charge in [0.1, 0.15) is 5.75 Å². The van der Waals surface area contributed by atoms with E-state index in [1.54, 1.807) is 7.11 Å². The van der Waals surface area contributed by atoms with E-state index >= 15 is 0 Å². The lowest BCUT2D eigenvalue weighted by atomic mass is 9.98. The van der Waals surface area contributed by atoms with Crippen LogP contribution in [0.5, 0.6) is 5.75 Å². The Morgan fingerprint density at radius 3 is 2.58 bits per heavy atom. The zero-order chi connectivity index (χ0) is 13.8. The summed E-state index contributed by atoms with van der Waals surface area (Å²) in [6.07, 6.45) is -0.428. The second-order valence-corrected chi connectivity index (χ2v) is 5.17. The topological polar surface area (TPSA) is 44.7 Å². The van der Waals surface area contributed by atoms with Gasteiger partial charge in [-0.25, -0.2) is 0 Å². The maximum Gasteiger partial charge on any atom is 0.122 e. The highest BCUT2D eigenvalue weighted by Gasteiger charge is 2.18. The van der Waals surface area contributed by atoms with Crippen molar-refractivity contribution in [3.8, 4) is 5.75 Å². The van der Waals surface area contributed by atoms with Crippen molar-refractivity contribution in [2.45, 2.75) is 20.0 Å². The third-order valence-electron chi connectivity index (χ3n) is 4.00. The number of benzene rings is 1. The van der Waals surface area contributed by atoms with Gasteiger partial charge in [0.25, 0.3) is 0 Å². The van der Waals surface area contributed by atoms with Gasteiger partial charge in [-0.1, -0.05) is 6.07 Å². The molecule has 4 nitrogen and oxygen atoms in total. The number of aliphatic hydroxyl groups excluding tert-OH is 1. The van der Waals surface area contributed by atoms with Crippen molar-refractivity contribution in [2.75, 3.05) is 39.8 Å². The van der Waals surface area contributed by atoms with Crippen LogP contribution in [0.15, 0.2) is 12.1 Å². The van der Waals surface area contributed by atoms with Crippen LogP contribution in [0, 0.1) is 13.8 Å².